The van der Waals surface area contributed by atoms with Crippen LogP contribution < -0.4 is 0 Å². The summed E-state index contributed by atoms with van der Waals surface area (Å²) in [4.78, 5) is 10.6. The summed E-state index contributed by atoms with van der Waals surface area (Å²) in [6.07, 6.45) is -4.60. The van der Waals surface area contributed by atoms with Crippen molar-refractivity contribution in [2.75, 3.05) is 0 Å². The van der Waals surface area contributed by atoms with E-state index in [0.29, 0.717) is 16.7 Å². The smallest absolute Gasteiger partial charge is 0.258 e. The van der Waals surface area contributed by atoms with Crippen LogP contribution in [0.25, 0.3) is 5.57 Å². The molecule has 3 aromatic carbocycles. The van der Waals surface area contributed by atoms with Gasteiger partial charge in [0.05, 0.1) is 10.5 Å². The zero-order valence-corrected chi connectivity index (χ0v) is 14.5. The first-order chi connectivity index (χ1) is 13.4. The van der Waals surface area contributed by atoms with Gasteiger partial charge in [-0.05, 0) is 27.8 Å². The average molecular weight is 381 g/mol. The number of halogens is 3. The molecule has 1 unspecified atom stereocenters. The Morgan fingerprint density at radius 2 is 1.54 bits per heavy atom. The second-order valence-electron chi connectivity index (χ2n) is 6.52. The number of nitro benzene ring substituents is 1. The van der Waals surface area contributed by atoms with Gasteiger partial charge in [0.15, 0.2) is 0 Å². The van der Waals surface area contributed by atoms with Gasteiger partial charge in [-0.2, -0.15) is 13.2 Å². The first-order valence-electron chi connectivity index (χ1n) is 8.58. The summed E-state index contributed by atoms with van der Waals surface area (Å²) < 4.78 is 42.8. The van der Waals surface area contributed by atoms with Crippen molar-refractivity contribution in [3.05, 3.63) is 117 Å². The molecule has 1 aliphatic carbocycles. The lowest BCUT2D eigenvalue weighted by atomic mass is 9.87. The van der Waals surface area contributed by atoms with Crippen molar-refractivity contribution < 1.29 is 18.1 Å². The van der Waals surface area contributed by atoms with Gasteiger partial charge in [-0.25, -0.2) is 0 Å². The predicted molar refractivity (Wildman–Crippen MR) is 99.9 cm³/mol. The zero-order valence-electron chi connectivity index (χ0n) is 14.5. The molecule has 6 heteroatoms. The van der Waals surface area contributed by atoms with Crippen LogP contribution in [0.4, 0.5) is 18.9 Å². The van der Waals surface area contributed by atoms with Crippen molar-refractivity contribution in [2.45, 2.75) is 12.1 Å². The summed E-state index contributed by atoms with van der Waals surface area (Å²) in [5, 5.41) is 11.1. The van der Waals surface area contributed by atoms with E-state index in [2.05, 4.69) is 0 Å². The molecule has 0 saturated carbocycles. The van der Waals surface area contributed by atoms with Crippen molar-refractivity contribution in [2.24, 2.45) is 0 Å². The fourth-order valence-corrected chi connectivity index (χ4v) is 3.81. The summed E-state index contributed by atoms with van der Waals surface area (Å²) in [7, 11) is 0. The average Bonchev–Trinajstić information content (AvgIpc) is 3.04. The number of nitro groups is 1. The SMILES string of the molecule is O=[N+]([O-])c1cccc(C2C(C(F)(F)F)=C(c3ccccc3)c3ccccc32)c1. The van der Waals surface area contributed by atoms with Crippen LogP contribution in [0.1, 0.15) is 28.2 Å². The molecular formula is C22H14F3NO2. The van der Waals surface area contributed by atoms with E-state index in [0.717, 1.165) is 0 Å². The molecule has 0 spiro atoms. The number of rotatable bonds is 3. The van der Waals surface area contributed by atoms with Crippen molar-refractivity contribution >= 4 is 11.3 Å². The fraction of sp³-hybridized carbons (Fsp3) is 0.0909. The third-order valence-corrected chi connectivity index (χ3v) is 4.88. The van der Waals surface area contributed by atoms with Gasteiger partial charge in [-0.3, -0.25) is 10.1 Å². The van der Waals surface area contributed by atoms with E-state index in [4.69, 9.17) is 0 Å². The topological polar surface area (TPSA) is 43.1 Å². The van der Waals surface area contributed by atoms with Crippen LogP contribution in [0.3, 0.4) is 0 Å². The Morgan fingerprint density at radius 3 is 2.21 bits per heavy atom. The van der Waals surface area contributed by atoms with Crippen molar-refractivity contribution in [1.29, 1.82) is 0 Å². The Morgan fingerprint density at radius 1 is 0.857 bits per heavy atom. The molecule has 28 heavy (non-hydrogen) atoms. The van der Waals surface area contributed by atoms with Crippen molar-refractivity contribution in [1.82, 2.24) is 0 Å². The molecule has 0 N–H and O–H groups in total. The number of fused-ring (bicyclic) bond motifs is 1. The van der Waals surface area contributed by atoms with Crippen LogP contribution in [-0.2, 0) is 0 Å². The summed E-state index contributed by atoms with van der Waals surface area (Å²) in [6.45, 7) is 0. The number of benzene rings is 3. The molecule has 0 fully saturated rings. The molecular weight excluding hydrogens is 367 g/mol. The molecule has 0 heterocycles. The molecule has 0 radical (unpaired) electrons. The van der Waals surface area contributed by atoms with Gasteiger partial charge in [0, 0.05) is 18.1 Å². The lowest BCUT2D eigenvalue weighted by Gasteiger charge is -2.20. The molecule has 3 nitrogen and oxygen atoms in total. The monoisotopic (exact) mass is 381 g/mol. The molecule has 0 bridgehead atoms. The number of nitrogens with zero attached hydrogens (tertiary/aromatic N) is 1. The van der Waals surface area contributed by atoms with Crippen LogP contribution in [0.2, 0.25) is 0 Å². The largest absolute Gasteiger partial charge is 0.414 e. The summed E-state index contributed by atoms with van der Waals surface area (Å²) in [6, 6.07) is 20.6. The molecule has 0 saturated heterocycles. The predicted octanol–water partition coefficient (Wildman–Crippen LogP) is 6.10. The molecule has 1 aliphatic rings. The van der Waals surface area contributed by atoms with Gasteiger partial charge in [0.2, 0.25) is 0 Å². The third kappa shape index (κ3) is 2.97. The van der Waals surface area contributed by atoms with Crippen LogP contribution in [0.15, 0.2) is 84.4 Å². The minimum absolute atomic E-state index is 0.125. The van der Waals surface area contributed by atoms with Gasteiger partial charge in [-0.1, -0.05) is 66.7 Å². The minimum atomic E-state index is -4.60. The first-order valence-corrected chi connectivity index (χ1v) is 8.58. The maximum Gasteiger partial charge on any atom is 0.414 e. The van der Waals surface area contributed by atoms with E-state index in [9.17, 15) is 23.3 Å². The Balaban J connectivity index is 2.03. The van der Waals surface area contributed by atoms with E-state index in [-0.39, 0.29) is 16.8 Å². The van der Waals surface area contributed by atoms with E-state index in [1.54, 1.807) is 54.6 Å². The highest BCUT2D eigenvalue weighted by atomic mass is 19.4. The summed E-state index contributed by atoms with van der Waals surface area (Å²) >= 11 is 0. The number of non-ortho nitro benzene ring substituents is 1. The molecule has 0 aromatic heterocycles. The standard InChI is InChI=1S/C22H14F3NO2/c23-22(24,25)21-19(14-7-2-1-3-8-14)17-11-4-5-12-18(17)20(21)15-9-6-10-16(13-15)26(27)28/h1-13,20H. The van der Waals surface area contributed by atoms with Crippen molar-refractivity contribution in [3.8, 4) is 0 Å². The fourth-order valence-electron chi connectivity index (χ4n) is 3.81. The third-order valence-electron chi connectivity index (χ3n) is 4.88. The normalized spacial score (nSPS) is 16.2. The van der Waals surface area contributed by atoms with E-state index < -0.39 is 22.6 Å². The summed E-state index contributed by atoms with van der Waals surface area (Å²) in [5.41, 5.74) is 0.909. The van der Waals surface area contributed by atoms with Gasteiger partial charge in [0.25, 0.3) is 5.69 Å². The van der Waals surface area contributed by atoms with E-state index >= 15 is 0 Å². The number of hydrogen-bond acceptors (Lipinski definition) is 2. The summed E-state index contributed by atoms with van der Waals surface area (Å²) in [5.74, 6) is -1.12. The van der Waals surface area contributed by atoms with Crippen LogP contribution in [0, 0.1) is 10.1 Å². The quantitative estimate of drug-likeness (QED) is 0.406. The molecule has 4 rings (SSSR count). The van der Waals surface area contributed by atoms with Gasteiger partial charge >= 0.3 is 6.18 Å². The van der Waals surface area contributed by atoms with Gasteiger partial charge < -0.3 is 0 Å². The van der Waals surface area contributed by atoms with E-state index in [1.807, 2.05) is 0 Å². The number of alkyl halides is 3. The van der Waals surface area contributed by atoms with Gasteiger partial charge in [-0.15, -0.1) is 0 Å². The molecule has 1 atom stereocenters. The van der Waals surface area contributed by atoms with Crippen LogP contribution >= 0.6 is 0 Å². The highest BCUT2D eigenvalue weighted by Gasteiger charge is 2.47. The highest BCUT2D eigenvalue weighted by Crippen LogP contribution is 2.53. The Kier molecular flexibility index (Phi) is 4.26. The lowest BCUT2D eigenvalue weighted by molar-refractivity contribution is -0.384. The minimum Gasteiger partial charge on any atom is -0.258 e. The highest BCUT2D eigenvalue weighted by molar-refractivity contribution is 5.90. The van der Waals surface area contributed by atoms with Crippen LogP contribution in [0.5, 0.6) is 0 Å². The Hall–Kier alpha value is -3.41. The first kappa shape index (κ1) is 18.0. The second kappa shape index (κ2) is 6.64. The Bertz CT molecular complexity index is 1090. The molecule has 0 amide bonds. The second-order valence-corrected chi connectivity index (χ2v) is 6.52. The lowest BCUT2D eigenvalue weighted by Crippen LogP contribution is -2.18. The number of hydrogen-bond donors (Lipinski definition) is 0. The Labute approximate surface area is 158 Å². The zero-order chi connectivity index (χ0) is 19.9. The van der Waals surface area contributed by atoms with Gasteiger partial charge in [0.1, 0.15) is 0 Å². The number of allylic oxidation sites excluding steroid dienone is 1. The van der Waals surface area contributed by atoms with Crippen LogP contribution in [-0.4, -0.2) is 11.1 Å². The van der Waals surface area contributed by atoms with E-state index in [1.165, 1.54) is 24.3 Å². The maximum absolute atomic E-state index is 14.3. The molecule has 140 valence electrons. The maximum atomic E-state index is 14.3. The molecule has 3 aromatic rings. The molecule has 0 aliphatic heterocycles. The van der Waals surface area contributed by atoms with Crippen molar-refractivity contribution in [3.63, 3.8) is 0 Å².